The number of pyridine rings is 1. The Morgan fingerprint density at radius 1 is 1.37 bits per heavy atom. The Kier molecular flexibility index (Phi) is 4.76. The first-order valence-electron chi connectivity index (χ1n) is 10.2. The summed E-state index contributed by atoms with van der Waals surface area (Å²) >= 11 is 6.35. The van der Waals surface area contributed by atoms with Gasteiger partial charge in [0.15, 0.2) is 5.54 Å². The Bertz CT molecular complexity index is 1190. The molecule has 1 saturated heterocycles. The van der Waals surface area contributed by atoms with Crippen molar-refractivity contribution in [2.24, 2.45) is 4.99 Å². The summed E-state index contributed by atoms with van der Waals surface area (Å²) in [6.45, 7) is 4.51. The van der Waals surface area contributed by atoms with Crippen molar-refractivity contribution in [3.8, 4) is 0 Å². The number of nitrogens with zero attached hydrogens (tertiary/aromatic N) is 4. The minimum Gasteiger partial charge on any atom is -0.393 e. The molecule has 8 heteroatoms. The third-order valence-corrected chi connectivity index (χ3v) is 6.21. The van der Waals surface area contributed by atoms with E-state index in [9.17, 15) is 5.11 Å². The fourth-order valence-electron chi connectivity index (χ4n) is 4.43. The summed E-state index contributed by atoms with van der Waals surface area (Å²) in [5, 5.41) is 15.4. The van der Waals surface area contributed by atoms with Crippen molar-refractivity contribution in [3.63, 3.8) is 0 Å². The van der Waals surface area contributed by atoms with Crippen molar-refractivity contribution in [1.29, 1.82) is 0 Å². The molecule has 3 aromatic rings. The molecule has 1 unspecified atom stereocenters. The van der Waals surface area contributed by atoms with Gasteiger partial charge in [0, 0.05) is 35.5 Å². The lowest BCUT2D eigenvalue weighted by Crippen LogP contribution is -2.48. The molecule has 0 amide bonds. The first kappa shape index (κ1) is 19.5. The van der Waals surface area contributed by atoms with E-state index in [-0.39, 0.29) is 18.8 Å². The van der Waals surface area contributed by atoms with Crippen LogP contribution in [0.4, 0.5) is 0 Å². The number of aliphatic imine (C=N–C) groups is 1. The van der Waals surface area contributed by atoms with E-state index in [0.29, 0.717) is 11.6 Å². The molecule has 0 radical (unpaired) electrons. The highest BCUT2D eigenvalue weighted by molar-refractivity contribution is 6.31. The summed E-state index contributed by atoms with van der Waals surface area (Å²) < 4.78 is 8.06. The molecule has 2 aromatic heterocycles. The normalized spacial score (nSPS) is 26.7. The first-order chi connectivity index (χ1) is 14.5. The summed E-state index contributed by atoms with van der Waals surface area (Å²) in [6, 6.07) is 5.88. The molecule has 0 bridgehead atoms. The Morgan fingerprint density at radius 2 is 2.23 bits per heavy atom. The number of fused-ring (bicyclic) bond motifs is 3. The molecular formula is C22H24ClN5O2. The molecule has 2 aliphatic rings. The van der Waals surface area contributed by atoms with Gasteiger partial charge < -0.3 is 19.7 Å². The van der Waals surface area contributed by atoms with Crippen molar-refractivity contribution in [2.45, 2.75) is 44.4 Å². The molecule has 2 aliphatic heterocycles. The van der Waals surface area contributed by atoms with Crippen LogP contribution in [-0.4, -0.2) is 45.2 Å². The number of ether oxygens (including phenoxy) is 1. The van der Waals surface area contributed by atoms with E-state index < -0.39 is 5.54 Å². The molecule has 0 aliphatic carbocycles. The average molecular weight is 426 g/mol. The van der Waals surface area contributed by atoms with Gasteiger partial charge in [0.05, 0.1) is 35.6 Å². The molecule has 7 nitrogen and oxygen atoms in total. The number of benzene rings is 1. The van der Waals surface area contributed by atoms with Crippen molar-refractivity contribution in [3.05, 3.63) is 47.1 Å². The lowest BCUT2D eigenvalue weighted by Gasteiger charge is -2.35. The van der Waals surface area contributed by atoms with Crippen LogP contribution in [0.3, 0.4) is 0 Å². The number of imidazole rings is 1. The number of allylic oxidation sites excluding steroid dienone is 1. The van der Waals surface area contributed by atoms with E-state index in [1.165, 1.54) is 0 Å². The summed E-state index contributed by atoms with van der Waals surface area (Å²) in [6.07, 6.45) is 7.23. The van der Waals surface area contributed by atoms with Crippen LogP contribution < -0.4 is 5.32 Å². The highest BCUT2D eigenvalue weighted by Crippen LogP contribution is 2.37. The number of hydrogen-bond acceptors (Lipinski definition) is 6. The smallest absolute Gasteiger partial charge is 0.154 e. The predicted octanol–water partition coefficient (Wildman–Crippen LogP) is 3.70. The quantitative estimate of drug-likeness (QED) is 0.668. The number of aliphatic hydroxyl groups is 1. The molecule has 3 atom stereocenters. The van der Waals surface area contributed by atoms with Gasteiger partial charge in [-0.1, -0.05) is 11.6 Å². The van der Waals surface area contributed by atoms with Crippen LogP contribution in [0.5, 0.6) is 0 Å². The monoisotopic (exact) mass is 425 g/mol. The molecule has 5 rings (SSSR count). The van der Waals surface area contributed by atoms with Crippen LogP contribution in [-0.2, 0) is 10.3 Å². The van der Waals surface area contributed by atoms with Crippen molar-refractivity contribution in [2.75, 3.05) is 13.2 Å². The van der Waals surface area contributed by atoms with Crippen molar-refractivity contribution in [1.82, 2.24) is 19.9 Å². The Balaban J connectivity index is 1.82. The second kappa shape index (κ2) is 7.34. The largest absolute Gasteiger partial charge is 0.393 e. The number of aromatic nitrogens is 3. The highest BCUT2D eigenvalue weighted by atomic mass is 35.5. The van der Waals surface area contributed by atoms with Gasteiger partial charge in [-0.05, 0) is 44.9 Å². The first-order valence-corrected chi connectivity index (χ1v) is 10.6. The van der Waals surface area contributed by atoms with E-state index in [1.807, 2.05) is 31.3 Å². The zero-order chi connectivity index (χ0) is 20.9. The van der Waals surface area contributed by atoms with Crippen LogP contribution in [0.2, 0.25) is 5.02 Å². The molecule has 4 heterocycles. The Morgan fingerprint density at radius 3 is 2.97 bits per heavy atom. The summed E-state index contributed by atoms with van der Waals surface area (Å²) in [5.41, 5.74) is 2.54. The number of rotatable bonds is 3. The van der Waals surface area contributed by atoms with Crippen LogP contribution in [0.1, 0.15) is 38.6 Å². The van der Waals surface area contributed by atoms with E-state index in [0.717, 1.165) is 46.3 Å². The molecule has 0 spiro atoms. The van der Waals surface area contributed by atoms with Gasteiger partial charge in [0.2, 0.25) is 0 Å². The summed E-state index contributed by atoms with van der Waals surface area (Å²) in [4.78, 5) is 14.0. The van der Waals surface area contributed by atoms with Gasteiger partial charge in [-0.15, -0.1) is 0 Å². The van der Waals surface area contributed by atoms with Gasteiger partial charge >= 0.3 is 0 Å². The fraction of sp³-hybridized carbons (Fsp3) is 0.409. The zero-order valence-electron chi connectivity index (χ0n) is 17.0. The molecule has 2 N–H and O–H groups in total. The molecule has 0 saturated carbocycles. The van der Waals surface area contributed by atoms with E-state index in [2.05, 4.69) is 26.8 Å². The lowest BCUT2D eigenvalue weighted by atomic mass is 9.97. The van der Waals surface area contributed by atoms with E-state index in [1.54, 1.807) is 12.4 Å². The number of hydrogen-bond donors (Lipinski definition) is 2. The van der Waals surface area contributed by atoms with Crippen molar-refractivity contribution >= 4 is 39.8 Å². The topological polar surface area (TPSA) is 84.6 Å². The van der Waals surface area contributed by atoms with Crippen LogP contribution >= 0.6 is 11.6 Å². The number of halogens is 1. The molecule has 30 heavy (non-hydrogen) atoms. The fourth-order valence-corrected chi connectivity index (χ4v) is 4.60. The standard InChI is InChI=1S/C22H24ClN5O2/c1-13-9-26-22(12-29,11-25-13)21-27-19-10-24-18-4-3-15(23)8-17(18)20(19)28(21)16-5-6-30-14(2)7-16/h3-4,8-11,14,16,26,29H,5-7,12H2,1-2H3/t14-,16-,22?/m1/s1. The number of nitrogens with one attached hydrogen (secondary N) is 1. The Labute approximate surface area is 179 Å². The highest BCUT2D eigenvalue weighted by Gasteiger charge is 2.39. The maximum atomic E-state index is 10.4. The van der Waals surface area contributed by atoms with E-state index in [4.69, 9.17) is 21.3 Å². The second-order valence-corrected chi connectivity index (χ2v) is 8.57. The zero-order valence-corrected chi connectivity index (χ0v) is 17.7. The van der Waals surface area contributed by atoms with Crippen LogP contribution in [0, 0.1) is 0 Å². The molecule has 156 valence electrons. The minimum atomic E-state index is -0.912. The summed E-state index contributed by atoms with van der Waals surface area (Å²) in [5.74, 6) is 0.723. The third-order valence-electron chi connectivity index (χ3n) is 5.98. The van der Waals surface area contributed by atoms with Crippen LogP contribution in [0.15, 0.2) is 41.3 Å². The summed E-state index contributed by atoms with van der Waals surface area (Å²) in [7, 11) is 0. The lowest BCUT2D eigenvalue weighted by molar-refractivity contribution is 0.00553. The van der Waals surface area contributed by atoms with Gasteiger partial charge in [0.1, 0.15) is 11.3 Å². The van der Waals surface area contributed by atoms with Gasteiger partial charge in [-0.3, -0.25) is 9.98 Å². The second-order valence-electron chi connectivity index (χ2n) is 8.14. The predicted molar refractivity (Wildman–Crippen MR) is 118 cm³/mol. The van der Waals surface area contributed by atoms with Gasteiger partial charge in [0.25, 0.3) is 0 Å². The van der Waals surface area contributed by atoms with Gasteiger partial charge in [-0.25, -0.2) is 4.98 Å². The average Bonchev–Trinajstić information content (AvgIpc) is 3.15. The number of aliphatic hydroxyl groups excluding tert-OH is 1. The third kappa shape index (κ3) is 3.09. The maximum Gasteiger partial charge on any atom is 0.154 e. The minimum absolute atomic E-state index is 0.144. The molecule has 1 aromatic carbocycles. The van der Waals surface area contributed by atoms with Gasteiger partial charge in [-0.2, -0.15) is 0 Å². The Hall–Kier alpha value is -2.48. The van der Waals surface area contributed by atoms with E-state index >= 15 is 0 Å². The molecular weight excluding hydrogens is 402 g/mol. The molecule has 1 fully saturated rings. The maximum absolute atomic E-state index is 10.4. The van der Waals surface area contributed by atoms with Crippen LogP contribution in [0.25, 0.3) is 21.9 Å². The SMILES string of the molecule is CC1=CNC(CO)(c2nc3cnc4ccc(Cl)cc4c3n2[C@@H]2CCO[C@H](C)C2)C=N1. The van der Waals surface area contributed by atoms with Crippen molar-refractivity contribution < 1.29 is 9.84 Å².